The van der Waals surface area contributed by atoms with E-state index in [1.807, 2.05) is 30.3 Å². The van der Waals surface area contributed by atoms with Gasteiger partial charge in [0.15, 0.2) is 0 Å². The minimum Gasteiger partial charge on any atom is -0.501 e. The van der Waals surface area contributed by atoms with Gasteiger partial charge in [0, 0.05) is 0 Å². The average Bonchev–Trinajstić information content (AvgIpc) is 2.27. The molecular formula is C12H14O3. The molecule has 80 valence electrons. The molecule has 15 heavy (non-hydrogen) atoms. The quantitative estimate of drug-likeness (QED) is 0.430. The van der Waals surface area contributed by atoms with E-state index in [1.54, 1.807) is 6.92 Å². The largest absolute Gasteiger partial charge is 0.501 e. The maximum absolute atomic E-state index is 11.2. The smallest absolute Gasteiger partial charge is 0.334 e. The van der Waals surface area contributed by atoms with E-state index in [4.69, 9.17) is 9.47 Å². The summed E-state index contributed by atoms with van der Waals surface area (Å²) in [7, 11) is 1.51. The number of methoxy groups -OCH3 is 1. The molecular weight excluding hydrogens is 192 g/mol. The lowest BCUT2D eigenvalue weighted by Crippen LogP contribution is -2.02. The van der Waals surface area contributed by atoms with Gasteiger partial charge in [-0.05, 0) is 12.5 Å². The molecule has 0 unspecified atom stereocenters. The van der Waals surface area contributed by atoms with Crippen LogP contribution in [-0.4, -0.2) is 13.1 Å². The van der Waals surface area contributed by atoms with Crippen LogP contribution in [0.5, 0.6) is 0 Å². The van der Waals surface area contributed by atoms with Crippen LogP contribution >= 0.6 is 0 Å². The van der Waals surface area contributed by atoms with Crippen molar-refractivity contribution in [3.8, 4) is 0 Å². The van der Waals surface area contributed by atoms with E-state index in [0.717, 1.165) is 5.56 Å². The van der Waals surface area contributed by atoms with E-state index in [9.17, 15) is 4.79 Å². The minimum atomic E-state index is -0.391. The number of rotatable bonds is 4. The molecule has 0 aliphatic carbocycles. The molecule has 3 heteroatoms. The topological polar surface area (TPSA) is 35.5 Å². The third-order valence-electron chi connectivity index (χ3n) is 1.87. The Morgan fingerprint density at radius 2 is 2.00 bits per heavy atom. The molecule has 0 aliphatic heterocycles. The Labute approximate surface area is 89.3 Å². The van der Waals surface area contributed by atoms with Crippen molar-refractivity contribution in [2.24, 2.45) is 0 Å². The summed E-state index contributed by atoms with van der Waals surface area (Å²) in [6.07, 6.45) is 1.32. The van der Waals surface area contributed by atoms with Gasteiger partial charge in [-0.2, -0.15) is 0 Å². The molecule has 0 aliphatic rings. The average molecular weight is 206 g/mol. The number of carbonyl (C=O) groups is 1. The van der Waals surface area contributed by atoms with Crippen molar-refractivity contribution in [1.29, 1.82) is 0 Å². The zero-order valence-electron chi connectivity index (χ0n) is 8.90. The van der Waals surface area contributed by atoms with Crippen LogP contribution in [0.1, 0.15) is 12.5 Å². The second-order valence-electron chi connectivity index (χ2n) is 3.05. The fraction of sp³-hybridized carbons (Fsp3) is 0.250. The Morgan fingerprint density at radius 3 is 2.60 bits per heavy atom. The van der Waals surface area contributed by atoms with Crippen LogP contribution in [0.25, 0.3) is 0 Å². The fourth-order valence-corrected chi connectivity index (χ4v) is 0.995. The zero-order valence-corrected chi connectivity index (χ0v) is 8.90. The number of hydrogen-bond donors (Lipinski definition) is 0. The van der Waals surface area contributed by atoms with Crippen molar-refractivity contribution >= 4 is 5.97 Å². The molecule has 0 amide bonds. The fourth-order valence-electron chi connectivity index (χ4n) is 0.995. The maximum atomic E-state index is 11.2. The molecule has 0 spiro atoms. The molecule has 3 nitrogen and oxygen atoms in total. The Hall–Kier alpha value is -1.77. The first-order chi connectivity index (χ1) is 7.22. The van der Waals surface area contributed by atoms with Gasteiger partial charge in [-0.25, -0.2) is 4.79 Å². The van der Waals surface area contributed by atoms with Crippen molar-refractivity contribution in [3.63, 3.8) is 0 Å². The molecule has 0 fully saturated rings. The van der Waals surface area contributed by atoms with Gasteiger partial charge in [0.1, 0.15) is 6.61 Å². The van der Waals surface area contributed by atoms with Crippen LogP contribution in [-0.2, 0) is 20.9 Å². The summed E-state index contributed by atoms with van der Waals surface area (Å²) in [6.45, 7) is 1.98. The summed E-state index contributed by atoms with van der Waals surface area (Å²) in [5, 5.41) is 0. The molecule has 1 aromatic carbocycles. The lowest BCUT2D eigenvalue weighted by atomic mass is 10.2. The lowest BCUT2D eigenvalue weighted by molar-refractivity contribution is -0.139. The van der Waals surface area contributed by atoms with Gasteiger partial charge < -0.3 is 9.47 Å². The zero-order chi connectivity index (χ0) is 11.1. The van der Waals surface area contributed by atoms with Crippen LogP contribution in [0.15, 0.2) is 42.2 Å². The van der Waals surface area contributed by atoms with Gasteiger partial charge >= 0.3 is 5.97 Å². The van der Waals surface area contributed by atoms with Gasteiger partial charge in [-0.15, -0.1) is 0 Å². The van der Waals surface area contributed by atoms with Crippen LogP contribution in [0.2, 0.25) is 0 Å². The molecule has 0 aromatic heterocycles. The number of hydrogen-bond acceptors (Lipinski definition) is 3. The molecule has 0 bridgehead atoms. The van der Waals surface area contributed by atoms with E-state index in [2.05, 4.69) is 0 Å². The Bertz CT molecular complexity index is 341. The third-order valence-corrected chi connectivity index (χ3v) is 1.87. The highest BCUT2D eigenvalue weighted by Gasteiger charge is 2.00. The summed E-state index contributed by atoms with van der Waals surface area (Å²) >= 11 is 0. The summed E-state index contributed by atoms with van der Waals surface area (Å²) < 4.78 is 9.84. The predicted octanol–water partition coefficient (Wildman–Crippen LogP) is 2.28. The van der Waals surface area contributed by atoms with E-state index in [-0.39, 0.29) is 6.61 Å². The highest BCUT2D eigenvalue weighted by molar-refractivity contribution is 5.82. The summed E-state index contributed by atoms with van der Waals surface area (Å²) in [5.41, 5.74) is 0.967. The van der Waals surface area contributed by atoms with E-state index in [0.29, 0.717) is 5.76 Å². The number of esters is 1. The Morgan fingerprint density at radius 1 is 1.33 bits per heavy atom. The molecule has 0 atom stereocenters. The van der Waals surface area contributed by atoms with Crippen molar-refractivity contribution in [3.05, 3.63) is 47.7 Å². The minimum absolute atomic E-state index is 0.285. The van der Waals surface area contributed by atoms with Crippen molar-refractivity contribution in [1.82, 2.24) is 0 Å². The van der Waals surface area contributed by atoms with Crippen molar-refractivity contribution in [2.45, 2.75) is 13.5 Å². The third kappa shape index (κ3) is 4.31. The second-order valence-corrected chi connectivity index (χ2v) is 3.05. The second kappa shape index (κ2) is 5.86. The summed E-state index contributed by atoms with van der Waals surface area (Å²) in [5.74, 6) is 0.145. The number of ether oxygens (including phenoxy) is 2. The molecule has 0 heterocycles. The van der Waals surface area contributed by atoms with Gasteiger partial charge in [0.2, 0.25) is 0 Å². The highest BCUT2D eigenvalue weighted by atomic mass is 16.5. The highest BCUT2D eigenvalue weighted by Crippen LogP contribution is 2.02. The normalized spacial score (nSPS) is 10.9. The molecule has 1 rings (SSSR count). The van der Waals surface area contributed by atoms with E-state index < -0.39 is 5.97 Å². The van der Waals surface area contributed by atoms with Gasteiger partial charge in [-0.1, -0.05) is 30.3 Å². The van der Waals surface area contributed by atoms with Gasteiger partial charge in [0.05, 0.1) is 18.9 Å². The van der Waals surface area contributed by atoms with Crippen molar-refractivity contribution in [2.75, 3.05) is 7.11 Å². The molecule has 0 saturated heterocycles. The first-order valence-corrected chi connectivity index (χ1v) is 4.65. The van der Waals surface area contributed by atoms with Crippen LogP contribution in [0.4, 0.5) is 0 Å². The lowest BCUT2D eigenvalue weighted by Gasteiger charge is -2.02. The molecule has 0 radical (unpaired) electrons. The SMILES string of the molecule is CO/C(C)=C\C(=O)OCc1ccccc1. The summed E-state index contributed by atoms with van der Waals surface area (Å²) in [6, 6.07) is 9.53. The predicted molar refractivity (Wildman–Crippen MR) is 57.0 cm³/mol. The summed E-state index contributed by atoms with van der Waals surface area (Å²) in [4.78, 5) is 11.2. The standard InChI is InChI=1S/C12H14O3/c1-10(14-2)8-12(13)15-9-11-6-4-3-5-7-11/h3-8H,9H2,1-2H3/b10-8-. The van der Waals surface area contributed by atoms with Crippen LogP contribution < -0.4 is 0 Å². The van der Waals surface area contributed by atoms with Gasteiger partial charge in [0.25, 0.3) is 0 Å². The number of benzene rings is 1. The van der Waals surface area contributed by atoms with Crippen molar-refractivity contribution < 1.29 is 14.3 Å². The van der Waals surface area contributed by atoms with Gasteiger partial charge in [-0.3, -0.25) is 0 Å². The first-order valence-electron chi connectivity index (χ1n) is 4.65. The molecule has 0 N–H and O–H groups in total. The first kappa shape index (κ1) is 11.3. The van der Waals surface area contributed by atoms with E-state index in [1.165, 1.54) is 13.2 Å². The number of carbonyl (C=O) groups excluding carboxylic acids is 1. The van der Waals surface area contributed by atoms with E-state index >= 15 is 0 Å². The Balaban J connectivity index is 2.41. The molecule has 1 aromatic rings. The van der Waals surface area contributed by atoms with Crippen LogP contribution in [0.3, 0.4) is 0 Å². The Kier molecular flexibility index (Phi) is 4.41. The maximum Gasteiger partial charge on any atom is 0.334 e. The number of allylic oxidation sites excluding steroid dienone is 1. The molecule has 0 saturated carbocycles. The monoisotopic (exact) mass is 206 g/mol. The van der Waals surface area contributed by atoms with Crippen LogP contribution in [0, 0.1) is 0 Å².